The Labute approximate surface area is 108 Å². The van der Waals surface area contributed by atoms with Gasteiger partial charge in [0.15, 0.2) is 0 Å². The molecule has 0 aliphatic carbocycles. The van der Waals surface area contributed by atoms with Gasteiger partial charge in [0.2, 0.25) is 0 Å². The molecule has 1 nitrogen and oxygen atoms in total. The van der Waals surface area contributed by atoms with Crippen LogP contribution in [0.15, 0.2) is 42.5 Å². The van der Waals surface area contributed by atoms with Crippen LogP contribution in [-0.2, 0) is 0 Å². The zero-order valence-electron chi connectivity index (χ0n) is 11.1. The van der Waals surface area contributed by atoms with Gasteiger partial charge in [0.1, 0.15) is 5.75 Å². The molecule has 0 aliphatic rings. The Morgan fingerprint density at radius 2 is 1.72 bits per heavy atom. The summed E-state index contributed by atoms with van der Waals surface area (Å²) in [6.07, 6.45) is 2.09. The van der Waals surface area contributed by atoms with Gasteiger partial charge in [-0.05, 0) is 49.1 Å². The second kappa shape index (κ2) is 5.09. The standard InChI is InChI=1S/C17H18O/c1-12-9-14(3)17(18)16(10-12)13(2)11-15-7-5-4-6-8-15/h4-11,18H,1-3H3. The number of benzene rings is 2. The first-order valence-corrected chi connectivity index (χ1v) is 6.12. The molecule has 0 amide bonds. The topological polar surface area (TPSA) is 20.2 Å². The largest absolute Gasteiger partial charge is 0.507 e. The van der Waals surface area contributed by atoms with Crippen molar-refractivity contribution in [3.63, 3.8) is 0 Å². The van der Waals surface area contributed by atoms with Crippen molar-refractivity contribution in [2.24, 2.45) is 0 Å². The lowest BCUT2D eigenvalue weighted by molar-refractivity contribution is 0.469. The summed E-state index contributed by atoms with van der Waals surface area (Å²) in [5.74, 6) is 0.380. The first kappa shape index (κ1) is 12.4. The Kier molecular flexibility index (Phi) is 3.52. The molecule has 0 fully saturated rings. The third-order valence-electron chi connectivity index (χ3n) is 3.05. The van der Waals surface area contributed by atoms with Gasteiger partial charge in [0, 0.05) is 5.56 Å². The van der Waals surface area contributed by atoms with Crippen LogP contribution in [0.5, 0.6) is 5.75 Å². The second-order valence-corrected chi connectivity index (χ2v) is 4.72. The third-order valence-corrected chi connectivity index (χ3v) is 3.05. The van der Waals surface area contributed by atoms with Crippen molar-refractivity contribution in [1.82, 2.24) is 0 Å². The van der Waals surface area contributed by atoms with Crippen LogP contribution in [0.2, 0.25) is 0 Å². The van der Waals surface area contributed by atoms with E-state index in [0.717, 1.165) is 22.3 Å². The Balaban J connectivity index is 2.46. The van der Waals surface area contributed by atoms with Crippen LogP contribution in [0.1, 0.15) is 29.2 Å². The fourth-order valence-electron chi connectivity index (χ4n) is 2.14. The Morgan fingerprint density at radius 3 is 2.39 bits per heavy atom. The molecule has 1 N–H and O–H groups in total. The van der Waals surface area contributed by atoms with E-state index in [1.54, 1.807) is 0 Å². The quantitative estimate of drug-likeness (QED) is 0.760. The van der Waals surface area contributed by atoms with E-state index in [0.29, 0.717) is 5.75 Å². The first-order chi connectivity index (χ1) is 8.58. The van der Waals surface area contributed by atoms with Crippen molar-refractivity contribution >= 4 is 11.6 Å². The highest BCUT2D eigenvalue weighted by molar-refractivity contribution is 5.83. The number of phenolic OH excluding ortho intramolecular Hbond substituents is 1. The SMILES string of the molecule is CC(=Cc1ccccc1)c1cc(C)cc(C)c1O. The number of phenols is 1. The summed E-state index contributed by atoms with van der Waals surface area (Å²) in [6, 6.07) is 14.2. The number of rotatable bonds is 2. The highest BCUT2D eigenvalue weighted by Gasteiger charge is 2.07. The number of hydrogen-bond donors (Lipinski definition) is 1. The summed E-state index contributed by atoms with van der Waals surface area (Å²) < 4.78 is 0. The number of aryl methyl sites for hydroxylation is 2. The van der Waals surface area contributed by atoms with E-state index >= 15 is 0 Å². The lowest BCUT2D eigenvalue weighted by atomic mass is 9.98. The normalized spacial score (nSPS) is 11.6. The van der Waals surface area contributed by atoms with Gasteiger partial charge in [0.05, 0.1) is 0 Å². The lowest BCUT2D eigenvalue weighted by Crippen LogP contribution is -1.87. The minimum Gasteiger partial charge on any atom is -0.507 e. The van der Waals surface area contributed by atoms with E-state index in [-0.39, 0.29) is 0 Å². The van der Waals surface area contributed by atoms with Crippen LogP contribution < -0.4 is 0 Å². The molecule has 0 spiro atoms. The van der Waals surface area contributed by atoms with Crippen LogP contribution in [0.3, 0.4) is 0 Å². The fourth-order valence-corrected chi connectivity index (χ4v) is 2.14. The summed E-state index contributed by atoms with van der Waals surface area (Å²) in [5.41, 5.74) is 5.22. The highest BCUT2D eigenvalue weighted by Crippen LogP contribution is 2.30. The lowest BCUT2D eigenvalue weighted by Gasteiger charge is -2.09. The van der Waals surface area contributed by atoms with Crippen molar-refractivity contribution in [2.75, 3.05) is 0 Å². The van der Waals surface area contributed by atoms with Crippen molar-refractivity contribution in [2.45, 2.75) is 20.8 Å². The molecule has 0 heterocycles. The predicted octanol–water partition coefficient (Wildman–Crippen LogP) is 4.57. The molecule has 0 aromatic heterocycles. The van der Waals surface area contributed by atoms with Gasteiger partial charge in [-0.15, -0.1) is 0 Å². The van der Waals surface area contributed by atoms with Crippen LogP contribution >= 0.6 is 0 Å². The van der Waals surface area contributed by atoms with Gasteiger partial charge in [-0.25, -0.2) is 0 Å². The maximum Gasteiger partial charge on any atom is 0.125 e. The summed E-state index contributed by atoms with van der Waals surface area (Å²) in [7, 11) is 0. The van der Waals surface area contributed by atoms with E-state index in [1.165, 1.54) is 5.56 Å². The maximum absolute atomic E-state index is 10.1. The van der Waals surface area contributed by atoms with Crippen LogP contribution in [0, 0.1) is 13.8 Å². The molecule has 0 saturated heterocycles. The molecule has 2 aromatic rings. The molecule has 0 saturated carbocycles. The molecule has 1 heteroatoms. The van der Waals surface area contributed by atoms with Gasteiger partial charge < -0.3 is 5.11 Å². The summed E-state index contributed by atoms with van der Waals surface area (Å²) in [6.45, 7) is 6.01. The molecule has 0 bridgehead atoms. The van der Waals surface area contributed by atoms with Gasteiger partial charge >= 0.3 is 0 Å². The second-order valence-electron chi connectivity index (χ2n) is 4.72. The zero-order valence-corrected chi connectivity index (χ0v) is 11.1. The zero-order chi connectivity index (χ0) is 13.1. The molecule has 18 heavy (non-hydrogen) atoms. The van der Waals surface area contributed by atoms with E-state index < -0.39 is 0 Å². The Bertz CT molecular complexity index is 580. The van der Waals surface area contributed by atoms with E-state index in [4.69, 9.17) is 0 Å². The number of allylic oxidation sites excluding steroid dienone is 1. The van der Waals surface area contributed by atoms with Crippen LogP contribution in [0.25, 0.3) is 11.6 Å². The molecular formula is C17H18O. The fraction of sp³-hybridized carbons (Fsp3) is 0.176. The minimum atomic E-state index is 0.380. The summed E-state index contributed by atoms with van der Waals surface area (Å²) >= 11 is 0. The minimum absolute atomic E-state index is 0.380. The molecule has 92 valence electrons. The van der Waals surface area contributed by atoms with E-state index in [1.807, 2.05) is 51.1 Å². The highest BCUT2D eigenvalue weighted by atomic mass is 16.3. The number of aromatic hydroxyl groups is 1. The predicted molar refractivity (Wildman–Crippen MR) is 77.6 cm³/mol. The first-order valence-electron chi connectivity index (χ1n) is 6.12. The van der Waals surface area contributed by atoms with Crippen molar-refractivity contribution in [3.8, 4) is 5.75 Å². The average molecular weight is 238 g/mol. The summed E-state index contributed by atoms with van der Waals surface area (Å²) in [4.78, 5) is 0. The maximum atomic E-state index is 10.1. The average Bonchev–Trinajstić information content (AvgIpc) is 2.35. The Morgan fingerprint density at radius 1 is 1.06 bits per heavy atom. The van der Waals surface area contributed by atoms with Crippen molar-refractivity contribution < 1.29 is 5.11 Å². The third kappa shape index (κ3) is 2.62. The van der Waals surface area contributed by atoms with Crippen molar-refractivity contribution in [3.05, 3.63) is 64.7 Å². The smallest absolute Gasteiger partial charge is 0.125 e. The van der Waals surface area contributed by atoms with Gasteiger partial charge in [0.25, 0.3) is 0 Å². The monoisotopic (exact) mass is 238 g/mol. The molecule has 0 atom stereocenters. The molecule has 0 unspecified atom stereocenters. The molecule has 0 aliphatic heterocycles. The number of hydrogen-bond acceptors (Lipinski definition) is 1. The van der Waals surface area contributed by atoms with Gasteiger partial charge in [-0.3, -0.25) is 0 Å². The van der Waals surface area contributed by atoms with Crippen LogP contribution in [-0.4, -0.2) is 5.11 Å². The van der Waals surface area contributed by atoms with Crippen molar-refractivity contribution in [1.29, 1.82) is 0 Å². The van der Waals surface area contributed by atoms with Crippen LogP contribution in [0.4, 0.5) is 0 Å². The molecular weight excluding hydrogens is 220 g/mol. The van der Waals surface area contributed by atoms with E-state index in [9.17, 15) is 5.11 Å². The molecule has 0 radical (unpaired) electrons. The molecule has 2 rings (SSSR count). The molecule has 2 aromatic carbocycles. The van der Waals surface area contributed by atoms with Gasteiger partial charge in [-0.2, -0.15) is 0 Å². The Hall–Kier alpha value is -2.02. The van der Waals surface area contributed by atoms with E-state index in [2.05, 4.69) is 18.2 Å². The summed E-state index contributed by atoms with van der Waals surface area (Å²) in [5, 5.41) is 10.1. The van der Waals surface area contributed by atoms with Gasteiger partial charge in [-0.1, -0.05) is 42.5 Å².